The summed E-state index contributed by atoms with van der Waals surface area (Å²) in [5.74, 6) is 0.337. The van der Waals surface area contributed by atoms with E-state index in [-0.39, 0.29) is 23.2 Å². The SMILES string of the molecule is O=C(NCC1CCN(c2nc(Cc3ccc(F)cc3)ns2)CC1)c1ccc(C(F)(F)F)cc1. The Balaban J connectivity index is 1.23. The van der Waals surface area contributed by atoms with E-state index in [2.05, 4.69) is 19.6 Å². The summed E-state index contributed by atoms with van der Waals surface area (Å²) < 4.78 is 55.4. The molecule has 0 aliphatic carbocycles. The molecule has 1 saturated heterocycles. The quantitative estimate of drug-likeness (QED) is 0.511. The molecule has 0 atom stereocenters. The first-order valence-corrected chi connectivity index (χ1v) is 11.3. The van der Waals surface area contributed by atoms with Gasteiger partial charge in [-0.2, -0.15) is 17.5 Å². The number of aromatic nitrogens is 2. The lowest BCUT2D eigenvalue weighted by atomic mass is 9.97. The zero-order chi connectivity index (χ0) is 23.4. The van der Waals surface area contributed by atoms with Crippen molar-refractivity contribution in [1.82, 2.24) is 14.7 Å². The van der Waals surface area contributed by atoms with Gasteiger partial charge in [-0.3, -0.25) is 4.79 Å². The second-order valence-electron chi connectivity index (χ2n) is 8.01. The van der Waals surface area contributed by atoms with E-state index >= 15 is 0 Å². The van der Waals surface area contributed by atoms with Gasteiger partial charge in [0.05, 0.1) is 5.56 Å². The molecule has 5 nitrogen and oxygen atoms in total. The lowest BCUT2D eigenvalue weighted by Gasteiger charge is -2.31. The first-order chi connectivity index (χ1) is 15.8. The van der Waals surface area contributed by atoms with Gasteiger partial charge in [0.1, 0.15) is 11.6 Å². The molecule has 0 saturated carbocycles. The van der Waals surface area contributed by atoms with Crippen molar-refractivity contribution in [1.29, 1.82) is 0 Å². The van der Waals surface area contributed by atoms with E-state index in [1.165, 1.54) is 35.8 Å². The third-order valence-electron chi connectivity index (χ3n) is 5.64. The molecular weight excluding hydrogens is 456 g/mol. The number of hydrogen-bond acceptors (Lipinski definition) is 5. The largest absolute Gasteiger partial charge is 0.416 e. The van der Waals surface area contributed by atoms with E-state index < -0.39 is 11.7 Å². The average molecular weight is 479 g/mol. The summed E-state index contributed by atoms with van der Waals surface area (Å²) in [6.07, 6.45) is -2.15. The number of piperidine rings is 1. The summed E-state index contributed by atoms with van der Waals surface area (Å²) in [5, 5.41) is 3.67. The molecule has 0 bridgehead atoms. The van der Waals surface area contributed by atoms with Gasteiger partial charge in [0, 0.05) is 43.2 Å². The Bertz CT molecular complexity index is 1080. The Morgan fingerprint density at radius 3 is 2.36 bits per heavy atom. The molecule has 2 heterocycles. The summed E-state index contributed by atoms with van der Waals surface area (Å²) >= 11 is 1.34. The molecule has 0 unspecified atom stereocenters. The van der Waals surface area contributed by atoms with Crippen LogP contribution in [0.15, 0.2) is 48.5 Å². The number of hydrogen-bond donors (Lipinski definition) is 1. The number of amides is 1. The fourth-order valence-corrected chi connectivity index (χ4v) is 4.44. The maximum atomic E-state index is 13.0. The Morgan fingerprint density at radius 1 is 1.06 bits per heavy atom. The molecule has 0 radical (unpaired) electrons. The third-order valence-corrected chi connectivity index (χ3v) is 6.46. The number of alkyl halides is 3. The van der Waals surface area contributed by atoms with Crippen LogP contribution in [-0.4, -0.2) is 34.9 Å². The van der Waals surface area contributed by atoms with Crippen LogP contribution in [0.1, 0.15) is 40.2 Å². The smallest absolute Gasteiger partial charge is 0.352 e. The molecule has 1 fully saturated rings. The van der Waals surface area contributed by atoms with Crippen LogP contribution in [0.25, 0.3) is 0 Å². The van der Waals surface area contributed by atoms with Crippen molar-refractivity contribution in [3.8, 4) is 0 Å². The number of anilines is 1. The molecule has 1 aromatic heterocycles. The summed E-state index contributed by atoms with van der Waals surface area (Å²) in [6, 6.07) is 10.5. The highest BCUT2D eigenvalue weighted by molar-refractivity contribution is 7.09. The lowest BCUT2D eigenvalue weighted by Crippen LogP contribution is -2.38. The zero-order valence-corrected chi connectivity index (χ0v) is 18.4. The second-order valence-corrected chi connectivity index (χ2v) is 8.74. The summed E-state index contributed by atoms with van der Waals surface area (Å²) in [6.45, 7) is 2.04. The van der Waals surface area contributed by atoms with Crippen LogP contribution in [0.2, 0.25) is 0 Å². The molecule has 1 aliphatic heterocycles. The topological polar surface area (TPSA) is 58.1 Å². The van der Waals surface area contributed by atoms with Gasteiger partial charge < -0.3 is 10.2 Å². The normalized spacial score (nSPS) is 15.0. The maximum Gasteiger partial charge on any atom is 0.416 e. The molecule has 3 aromatic rings. The number of nitrogens with one attached hydrogen (secondary N) is 1. The molecule has 0 spiro atoms. The zero-order valence-electron chi connectivity index (χ0n) is 17.6. The monoisotopic (exact) mass is 478 g/mol. The predicted octanol–water partition coefficient (Wildman–Crippen LogP) is 4.93. The van der Waals surface area contributed by atoms with E-state index in [0.29, 0.717) is 18.8 Å². The predicted molar refractivity (Wildman–Crippen MR) is 118 cm³/mol. The van der Waals surface area contributed by atoms with Gasteiger partial charge in [0.15, 0.2) is 0 Å². The van der Waals surface area contributed by atoms with Crippen LogP contribution in [0.3, 0.4) is 0 Å². The van der Waals surface area contributed by atoms with Crippen molar-refractivity contribution in [2.75, 3.05) is 24.5 Å². The van der Waals surface area contributed by atoms with E-state index in [0.717, 1.165) is 48.8 Å². The van der Waals surface area contributed by atoms with Gasteiger partial charge in [0.2, 0.25) is 5.13 Å². The van der Waals surface area contributed by atoms with Gasteiger partial charge >= 0.3 is 6.18 Å². The van der Waals surface area contributed by atoms with E-state index in [4.69, 9.17) is 0 Å². The van der Waals surface area contributed by atoms with Gasteiger partial charge in [-0.25, -0.2) is 9.37 Å². The number of rotatable bonds is 6. The van der Waals surface area contributed by atoms with Crippen LogP contribution in [-0.2, 0) is 12.6 Å². The minimum Gasteiger partial charge on any atom is -0.352 e. The first kappa shape index (κ1) is 23.2. The lowest BCUT2D eigenvalue weighted by molar-refractivity contribution is -0.137. The molecular formula is C23H22F4N4OS. The first-order valence-electron chi connectivity index (χ1n) is 10.6. The van der Waals surface area contributed by atoms with Crippen molar-refractivity contribution in [2.24, 2.45) is 5.92 Å². The van der Waals surface area contributed by atoms with Crippen molar-refractivity contribution in [3.63, 3.8) is 0 Å². The Morgan fingerprint density at radius 2 is 1.73 bits per heavy atom. The van der Waals surface area contributed by atoms with Gasteiger partial charge in [-0.15, -0.1) is 0 Å². The highest BCUT2D eigenvalue weighted by Crippen LogP contribution is 2.29. The molecule has 1 N–H and O–H groups in total. The molecule has 33 heavy (non-hydrogen) atoms. The van der Waals surface area contributed by atoms with Crippen molar-refractivity contribution in [2.45, 2.75) is 25.4 Å². The minimum absolute atomic E-state index is 0.211. The van der Waals surface area contributed by atoms with Crippen LogP contribution in [0, 0.1) is 11.7 Å². The molecule has 2 aromatic carbocycles. The highest BCUT2D eigenvalue weighted by Gasteiger charge is 2.30. The van der Waals surface area contributed by atoms with Gasteiger partial charge in [-0.05, 0) is 60.7 Å². The average Bonchev–Trinajstić information content (AvgIpc) is 3.27. The van der Waals surface area contributed by atoms with E-state index in [9.17, 15) is 22.4 Å². The third kappa shape index (κ3) is 6.07. The molecule has 4 rings (SSSR count). The van der Waals surface area contributed by atoms with Crippen LogP contribution in [0.4, 0.5) is 22.7 Å². The van der Waals surface area contributed by atoms with Crippen LogP contribution < -0.4 is 10.2 Å². The fraction of sp³-hybridized carbons (Fsp3) is 0.348. The van der Waals surface area contributed by atoms with Crippen molar-refractivity contribution in [3.05, 3.63) is 76.9 Å². The Labute approximate surface area is 192 Å². The highest BCUT2D eigenvalue weighted by atomic mass is 32.1. The Kier molecular flexibility index (Phi) is 6.92. The van der Waals surface area contributed by atoms with Gasteiger partial charge in [0.25, 0.3) is 5.91 Å². The van der Waals surface area contributed by atoms with Crippen LogP contribution >= 0.6 is 11.5 Å². The summed E-state index contributed by atoms with van der Waals surface area (Å²) in [5.41, 5.74) is 0.384. The van der Waals surface area contributed by atoms with Gasteiger partial charge in [-0.1, -0.05) is 12.1 Å². The van der Waals surface area contributed by atoms with Crippen molar-refractivity contribution < 1.29 is 22.4 Å². The summed E-state index contributed by atoms with van der Waals surface area (Å²) in [7, 11) is 0. The molecule has 10 heteroatoms. The number of carbonyl (C=O) groups excluding carboxylic acids is 1. The maximum absolute atomic E-state index is 13.0. The number of carbonyl (C=O) groups is 1. The molecule has 1 aliphatic rings. The van der Waals surface area contributed by atoms with Crippen LogP contribution in [0.5, 0.6) is 0 Å². The van der Waals surface area contributed by atoms with Crippen molar-refractivity contribution >= 4 is 22.6 Å². The minimum atomic E-state index is -4.42. The summed E-state index contributed by atoms with van der Waals surface area (Å²) in [4.78, 5) is 19.0. The number of benzene rings is 2. The van der Waals surface area contributed by atoms with E-state index in [1.54, 1.807) is 12.1 Å². The fourth-order valence-electron chi connectivity index (χ4n) is 3.71. The second kappa shape index (κ2) is 9.86. The molecule has 1 amide bonds. The molecule has 174 valence electrons. The Hall–Kier alpha value is -3.01. The standard InChI is InChI=1S/C23H22F4N4OS/c24-19-7-1-15(2-8-19)13-20-29-22(33-30-20)31-11-9-16(10-12-31)14-28-21(32)17-3-5-18(6-4-17)23(25,26)27/h1-8,16H,9-14H2,(H,28,32). The van der Waals surface area contributed by atoms with E-state index in [1.807, 2.05) is 0 Å². The number of nitrogens with zero attached hydrogens (tertiary/aromatic N) is 3. The number of halogens is 4.